The molecule has 20 heavy (non-hydrogen) atoms. The molecule has 2 atom stereocenters. The molecule has 120 valence electrons. The maximum atomic E-state index is 6.32. The van der Waals surface area contributed by atoms with Crippen LogP contribution in [0.3, 0.4) is 0 Å². The second kappa shape index (κ2) is 7.21. The molecule has 0 aromatic heterocycles. The molecule has 0 bridgehead atoms. The van der Waals surface area contributed by atoms with Crippen LogP contribution in [0, 0.1) is 5.92 Å². The molecule has 4 nitrogen and oxygen atoms in total. The van der Waals surface area contributed by atoms with E-state index in [0.29, 0.717) is 12.0 Å². The quantitative estimate of drug-likeness (QED) is 0.693. The third-order valence-electron chi connectivity index (χ3n) is 4.32. The van der Waals surface area contributed by atoms with Gasteiger partial charge in [-0.2, -0.15) is 0 Å². The SMILES string of the molecule is CCNC1C(CN(C)CCOCC)C(C)(C)OC1(C)C. The lowest BCUT2D eigenvalue weighted by Gasteiger charge is -2.33. The number of rotatable bonds is 8. The van der Waals surface area contributed by atoms with Crippen molar-refractivity contribution in [2.24, 2.45) is 5.92 Å². The van der Waals surface area contributed by atoms with E-state index in [0.717, 1.165) is 32.8 Å². The highest BCUT2D eigenvalue weighted by Crippen LogP contribution is 2.42. The highest BCUT2D eigenvalue weighted by Gasteiger charge is 2.53. The largest absolute Gasteiger partial charge is 0.380 e. The first kappa shape index (κ1) is 17.9. The van der Waals surface area contributed by atoms with Crippen molar-refractivity contribution in [2.75, 3.05) is 39.9 Å². The lowest BCUT2D eigenvalue weighted by molar-refractivity contribution is -0.0794. The van der Waals surface area contributed by atoms with Crippen LogP contribution in [0.1, 0.15) is 41.5 Å². The van der Waals surface area contributed by atoms with Crippen molar-refractivity contribution < 1.29 is 9.47 Å². The van der Waals surface area contributed by atoms with Crippen LogP contribution in [0.2, 0.25) is 0 Å². The van der Waals surface area contributed by atoms with Crippen LogP contribution in [0.5, 0.6) is 0 Å². The molecular formula is C16H34N2O2. The number of likely N-dealkylation sites (N-methyl/N-ethyl adjacent to an activating group) is 2. The molecule has 1 heterocycles. The van der Waals surface area contributed by atoms with Crippen molar-refractivity contribution in [2.45, 2.75) is 58.8 Å². The van der Waals surface area contributed by atoms with Crippen LogP contribution in [0.15, 0.2) is 0 Å². The van der Waals surface area contributed by atoms with Crippen LogP contribution in [-0.4, -0.2) is 62.0 Å². The first-order chi connectivity index (χ1) is 9.24. The summed E-state index contributed by atoms with van der Waals surface area (Å²) in [6, 6.07) is 0.386. The number of nitrogens with zero attached hydrogens (tertiary/aromatic N) is 1. The molecule has 1 saturated heterocycles. The molecule has 0 aromatic carbocycles. The predicted octanol–water partition coefficient (Wildman–Crippen LogP) is 2.14. The van der Waals surface area contributed by atoms with E-state index in [-0.39, 0.29) is 11.2 Å². The topological polar surface area (TPSA) is 33.7 Å². The van der Waals surface area contributed by atoms with Crippen molar-refractivity contribution >= 4 is 0 Å². The number of ether oxygens (including phenoxy) is 2. The van der Waals surface area contributed by atoms with E-state index in [1.807, 2.05) is 6.92 Å². The van der Waals surface area contributed by atoms with Gasteiger partial charge in [-0.15, -0.1) is 0 Å². The van der Waals surface area contributed by atoms with Gasteiger partial charge in [0.15, 0.2) is 0 Å². The maximum absolute atomic E-state index is 6.32. The van der Waals surface area contributed by atoms with Gasteiger partial charge < -0.3 is 19.7 Å². The number of hydrogen-bond donors (Lipinski definition) is 1. The Kier molecular flexibility index (Phi) is 6.45. The number of hydrogen-bond acceptors (Lipinski definition) is 4. The summed E-state index contributed by atoms with van der Waals surface area (Å²) in [5, 5.41) is 3.63. The summed E-state index contributed by atoms with van der Waals surface area (Å²) in [5.74, 6) is 0.476. The van der Waals surface area contributed by atoms with Crippen LogP contribution >= 0.6 is 0 Å². The monoisotopic (exact) mass is 286 g/mol. The molecule has 1 fully saturated rings. The molecule has 0 spiro atoms. The smallest absolute Gasteiger partial charge is 0.0790 e. The van der Waals surface area contributed by atoms with Gasteiger partial charge in [-0.25, -0.2) is 0 Å². The molecular weight excluding hydrogens is 252 g/mol. The molecule has 0 saturated carbocycles. The normalized spacial score (nSPS) is 28.2. The lowest BCUT2D eigenvalue weighted by atomic mass is 9.82. The van der Waals surface area contributed by atoms with Crippen LogP contribution in [-0.2, 0) is 9.47 Å². The minimum absolute atomic E-state index is 0.101. The third-order valence-corrected chi connectivity index (χ3v) is 4.32. The summed E-state index contributed by atoms with van der Waals surface area (Å²) >= 11 is 0. The second-order valence-corrected chi connectivity index (χ2v) is 6.91. The van der Waals surface area contributed by atoms with Crippen molar-refractivity contribution in [3.63, 3.8) is 0 Å². The molecule has 2 unspecified atom stereocenters. The van der Waals surface area contributed by atoms with Gasteiger partial charge in [0.1, 0.15) is 0 Å². The number of nitrogens with one attached hydrogen (secondary N) is 1. The van der Waals surface area contributed by atoms with E-state index in [2.05, 4.69) is 51.9 Å². The first-order valence-corrected chi connectivity index (χ1v) is 7.94. The van der Waals surface area contributed by atoms with E-state index in [1.54, 1.807) is 0 Å². The zero-order valence-electron chi connectivity index (χ0n) is 14.5. The van der Waals surface area contributed by atoms with Gasteiger partial charge in [-0.1, -0.05) is 6.92 Å². The Morgan fingerprint density at radius 1 is 1.15 bits per heavy atom. The Bertz CT molecular complexity index is 292. The molecule has 1 aliphatic rings. The lowest BCUT2D eigenvalue weighted by Crippen LogP contribution is -2.50. The fourth-order valence-electron chi connectivity index (χ4n) is 3.43. The Hall–Kier alpha value is -0.160. The fourth-order valence-corrected chi connectivity index (χ4v) is 3.43. The zero-order chi connectivity index (χ0) is 15.4. The Labute approximate surface area is 125 Å². The Balaban J connectivity index is 2.68. The zero-order valence-corrected chi connectivity index (χ0v) is 14.5. The fraction of sp³-hybridized carbons (Fsp3) is 1.00. The Morgan fingerprint density at radius 2 is 1.80 bits per heavy atom. The van der Waals surface area contributed by atoms with Crippen molar-refractivity contribution in [1.29, 1.82) is 0 Å². The van der Waals surface area contributed by atoms with E-state index in [4.69, 9.17) is 9.47 Å². The highest BCUT2D eigenvalue weighted by molar-refractivity contribution is 5.05. The van der Waals surface area contributed by atoms with Gasteiger partial charge >= 0.3 is 0 Å². The minimum atomic E-state index is -0.120. The maximum Gasteiger partial charge on any atom is 0.0790 e. The van der Waals surface area contributed by atoms with Gasteiger partial charge in [0, 0.05) is 31.7 Å². The molecule has 1 aliphatic heterocycles. The third kappa shape index (κ3) is 4.42. The molecule has 0 radical (unpaired) electrons. The van der Waals surface area contributed by atoms with Gasteiger partial charge in [0.25, 0.3) is 0 Å². The van der Waals surface area contributed by atoms with Gasteiger partial charge in [-0.05, 0) is 48.2 Å². The van der Waals surface area contributed by atoms with Crippen LogP contribution in [0.25, 0.3) is 0 Å². The van der Waals surface area contributed by atoms with Crippen LogP contribution < -0.4 is 5.32 Å². The average molecular weight is 286 g/mol. The van der Waals surface area contributed by atoms with E-state index in [9.17, 15) is 0 Å². The van der Waals surface area contributed by atoms with Crippen LogP contribution in [0.4, 0.5) is 0 Å². The summed E-state index contributed by atoms with van der Waals surface area (Å²) in [7, 11) is 2.17. The second-order valence-electron chi connectivity index (χ2n) is 6.91. The van der Waals surface area contributed by atoms with Crippen molar-refractivity contribution in [1.82, 2.24) is 10.2 Å². The minimum Gasteiger partial charge on any atom is -0.380 e. The highest BCUT2D eigenvalue weighted by atomic mass is 16.5. The average Bonchev–Trinajstić information content (AvgIpc) is 2.48. The predicted molar refractivity (Wildman–Crippen MR) is 84.2 cm³/mol. The van der Waals surface area contributed by atoms with Gasteiger partial charge in [-0.3, -0.25) is 0 Å². The van der Waals surface area contributed by atoms with E-state index >= 15 is 0 Å². The van der Waals surface area contributed by atoms with Gasteiger partial charge in [0.05, 0.1) is 17.8 Å². The summed E-state index contributed by atoms with van der Waals surface area (Å²) in [4.78, 5) is 2.36. The first-order valence-electron chi connectivity index (χ1n) is 7.94. The standard InChI is InChI=1S/C16H34N2O2/c1-8-17-14-13(12-18(7)10-11-19-9-2)15(3,4)20-16(14,5)6/h13-14,17H,8-12H2,1-7H3. The molecule has 1 N–H and O–H groups in total. The summed E-state index contributed by atoms with van der Waals surface area (Å²) < 4.78 is 11.8. The summed E-state index contributed by atoms with van der Waals surface area (Å²) in [6.07, 6.45) is 0. The van der Waals surface area contributed by atoms with E-state index in [1.165, 1.54) is 0 Å². The van der Waals surface area contributed by atoms with Gasteiger partial charge in [0.2, 0.25) is 0 Å². The summed E-state index contributed by atoms with van der Waals surface area (Å²) in [5.41, 5.74) is -0.221. The molecule has 0 aromatic rings. The van der Waals surface area contributed by atoms with Crippen molar-refractivity contribution in [3.05, 3.63) is 0 Å². The molecule has 1 rings (SSSR count). The summed E-state index contributed by atoms with van der Waals surface area (Å²) in [6.45, 7) is 17.6. The Morgan fingerprint density at radius 3 is 2.35 bits per heavy atom. The van der Waals surface area contributed by atoms with Crippen molar-refractivity contribution in [3.8, 4) is 0 Å². The molecule has 4 heteroatoms. The molecule has 0 amide bonds. The molecule has 0 aliphatic carbocycles. The van der Waals surface area contributed by atoms with E-state index < -0.39 is 0 Å².